The average Bonchev–Trinajstić information content (AvgIpc) is 2.93. The maximum absolute atomic E-state index is 12.2. The fraction of sp³-hybridized carbons (Fsp3) is 0.600. The number of hydrogen-bond acceptors (Lipinski definition) is 6. The van der Waals surface area contributed by atoms with Crippen LogP contribution in [0.5, 0.6) is 0 Å². The van der Waals surface area contributed by atoms with E-state index >= 15 is 0 Å². The quantitative estimate of drug-likeness (QED) is 0.231. The number of oxime groups is 1. The van der Waals surface area contributed by atoms with Crippen molar-refractivity contribution in [3.8, 4) is 12.3 Å². The van der Waals surface area contributed by atoms with Gasteiger partial charge in [0.05, 0.1) is 12.5 Å². The molecule has 0 N–H and O–H groups in total. The molecule has 2 atom stereocenters. The van der Waals surface area contributed by atoms with Crippen LogP contribution in [0.4, 0.5) is 4.79 Å². The summed E-state index contributed by atoms with van der Waals surface area (Å²) in [6, 6.07) is -0.548. The van der Waals surface area contributed by atoms with Crippen molar-refractivity contribution in [2.45, 2.75) is 13.8 Å². The number of urea groups is 1. The summed E-state index contributed by atoms with van der Waals surface area (Å²) < 4.78 is 5.13. The summed E-state index contributed by atoms with van der Waals surface area (Å²) in [7, 11) is 1.42. The predicted octanol–water partition coefficient (Wildman–Crippen LogP) is 0.289. The van der Waals surface area contributed by atoms with Crippen LogP contribution in [-0.4, -0.2) is 60.9 Å². The molecule has 124 valence electrons. The number of terminal acetylenes is 1. The second-order valence-corrected chi connectivity index (χ2v) is 6.02. The Morgan fingerprint density at radius 2 is 2.22 bits per heavy atom. The summed E-state index contributed by atoms with van der Waals surface area (Å²) in [5, 5.41) is 3.68. The van der Waals surface area contributed by atoms with Crippen LogP contribution < -0.4 is 0 Å². The molecule has 23 heavy (non-hydrogen) atoms. The van der Waals surface area contributed by atoms with Crippen LogP contribution in [0, 0.1) is 29.6 Å². The molecule has 0 aromatic carbocycles. The summed E-state index contributed by atoms with van der Waals surface area (Å²) >= 11 is 0. The lowest BCUT2D eigenvalue weighted by molar-refractivity contribution is -0.151. The van der Waals surface area contributed by atoms with Crippen molar-refractivity contribution >= 4 is 24.1 Å². The molecule has 2 unspecified atom stereocenters. The Kier molecular flexibility index (Phi) is 4.59. The number of carbonyl (C=O) groups excluding carboxylic acids is 3. The Labute approximate surface area is 134 Å². The van der Waals surface area contributed by atoms with Crippen molar-refractivity contribution in [1.29, 1.82) is 0 Å². The van der Waals surface area contributed by atoms with E-state index in [2.05, 4.69) is 15.9 Å². The summed E-state index contributed by atoms with van der Waals surface area (Å²) in [6.07, 6.45) is 6.70. The first-order chi connectivity index (χ1) is 10.8. The Hall–Kier alpha value is -2.56. The number of ether oxygens (including phenoxy) is 1. The molecule has 0 aromatic heterocycles. The summed E-state index contributed by atoms with van der Waals surface area (Å²) in [4.78, 5) is 42.6. The van der Waals surface area contributed by atoms with Gasteiger partial charge < -0.3 is 14.5 Å². The van der Waals surface area contributed by atoms with E-state index in [1.54, 1.807) is 6.21 Å². The molecule has 2 rings (SSSR count). The van der Waals surface area contributed by atoms with Gasteiger partial charge in [0.25, 0.3) is 5.91 Å². The smallest absolute Gasteiger partial charge is 0.330 e. The summed E-state index contributed by atoms with van der Waals surface area (Å²) in [5.74, 6) is 0.912. The van der Waals surface area contributed by atoms with Gasteiger partial charge in [-0.1, -0.05) is 24.9 Å². The molecule has 1 saturated carbocycles. The van der Waals surface area contributed by atoms with Crippen LogP contribution in [0.3, 0.4) is 0 Å². The number of rotatable bonds is 6. The lowest BCUT2D eigenvalue weighted by atomic mass is 10.1. The van der Waals surface area contributed by atoms with Crippen LogP contribution in [0.25, 0.3) is 0 Å². The fourth-order valence-electron chi connectivity index (χ4n) is 2.71. The number of amides is 3. The van der Waals surface area contributed by atoms with Crippen LogP contribution in [-0.2, 0) is 19.2 Å². The second kappa shape index (κ2) is 6.28. The van der Waals surface area contributed by atoms with Crippen LogP contribution in [0.1, 0.15) is 13.8 Å². The highest BCUT2D eigenvalue weighted by molar-refractivity contribution is 6.02. The van der Waals surface area contributed by atoms with Gasteiger partial charge in [-0.15, -0.1) is 6.42 Å². The molecular formula is C15H19N3O5. The Morgan fingerprint density at radius 1 is 1.52 bits per heavy atom. The number of esters is 1. The molecule has 0 spiro atoms. The zero-order valence-corrected chi connectivity index (χ0v) is 13.3. The van der Waals surface area contributed by atoms with Gasteiger partial charge in [0.2, 0.25) is 0 Å². The molecule has 1 heterocycles. The first kappa shape index (κ1) is 16.8. The number of carbonyl (C=O) groups is 3. The third-order valence-electron chi connectivity index (χ3n) is 4.24. The maximum atomic E-state index is 12.2. The number of hydrogen-bond donors (Lipinski definition) is 0. The third-order valence-corrected chi connectivity index (χ3v) is 4.24. The lowest BCUT2D eigenvalue weighted by Crippen LogP contribution is -2.36. The lowest BCUT2D eigenvalue weighted by Gasteiger charge is -2.15. The zero-order valence-electron chi connectivity index (χ0n) is 13.3. The van der Waals surface area contributed by atoms with E-state index in [1.165, 1.54) is 12.0 Å². The summed E-state index contributed by atoms with van der Waals surface area (Å²) in [6.45, 7) is 3.36. The highest BCUT2D eigenvalue weighted by atomic mass is 16.6. The minimum Gasteiger partial charge on any atom is -0.443 e. The van der Waals surface area contributed by atoms with E-state index in [4.69, 9.17) is 11.2 Å². The molecule has 3 amide bonds. The third kappa shape index (κ3) is 3.13. The van der Waals surface area contributed by atoms with Gasteiger partial charge in [0.15, 0.2) is 6.73 Å². The van der Waals surface area contributed by atoms with Crippen molar-refractivity contribution in [2.75, 3.05) is 26.9 Å². The van der Waals surface area contributed by atoms with E-state index in [0.29, 0.717) is 0 Å². The van der Waals surface area contributed by atoms with E-state index in [0.717, 1.165) is 4.90 Å². The van der Waals surface area contributed by atoms with Gasteiger partial charge in [-0.25, -0.2) is 9.69 Å². The molecule has 1 aliphatic carbocycles. The number of imide groups is 1. The molecular weight excluding hydrogens is 302 g/mol. The molecule has 1 saturated heterocycles. The molecule has 8 heteroatoms. The van der Waals surface area contributed by atoms with Crippen molar-refractivity contribution < 1.29 is 24.0 Å². The molecule has 0 bridgehead atoms. The minimum atomic E-state index is -0.548. The van der Waals surface area contributed by atoms with Crippen LogP contribution >= 0.6 is 0 Å². The molecule has 0 aromatic rings. The Bertz CT molecular complexity index is 592. The SMILES string of the molecule is C#CCN1CC(=O)N(COC(=O)C2C(C=NOC)C2(C)C)C1=O. The van der Waals surface area contributed by atoms with Gasteiger partial charge in [0, 0.05) is 12.1 Å². The van der Waals surface area contributed by atoms with Gasteiger partial charge >= 0.3 is 12.0 Å². The molecule has 2 fully saturated rings. The van der Waals surface area contributed by atoms with Gasteiger partial charge in [-0.3, -0.25) is 9.59 Å². The van der Waals surface area contributed by atoms with Crippen molar-refractivity contribution in [3.05, 3.63) is 0 Å². The Morgan fingerprint density at radius 3 is 2.83 bits per heavy atom. The average molecular weight is 321 g/mol. The molecule has 1 aliphatic heterocycles. The second-order valence-electron chi connectivity index (χ2n) is 6.02. The standard InChI is InChI=1S/C15H19N3O5/c1-5-6-17-8-11(19)18(14(17)21)9-23-13(20)12-10(7-16-22-4)15(12,2)3/h1,7,10,12H,6,8-9H2,2-4H3. The summed E-state index contributed by atoms with van der Waals surface area (Å²) in [5.41, 5.74) is -0.298. The monoisotopic (exact) mass is 321 g/mol. The molecule has 8 nitrogen and oxygen atoms in total. The van der Waals surface area contributed by atoms with Gasteiger partial charge in [-0.2, -0.15) is 0 Å². The van der Waals surface area contributed by atoms with Crippen molar-refractivity contribution in [2.24, 2.45) is 22.4 Å². The minimum absolute atomic E-state index is 0.0419. The van der Waals surface area contributed by atoms with Crippen LogP contribution in [0.15, 0.2) is 5.16 Å². The van der Waals surface area contributed by atoms with E-state index in [1.807, 2.05) is 13.8 Å². The first-order valence-electron chi connectivity index (χ1n) is 7.10. The fourth-order valence-corrected chi connectivity index (χ4v) is 2.71. The normalized spacial score (nSPS) is 25.7. The van der Waals surface area contributed by atoms with Crippen molar-refractivity contribution in [1.82, 2.24) is 9.80 Å². The van der Waals surface area contributed by atoms with E-state index < -0.39 is 24.6 Å². The molecule has 0 radical (unpaired) electrons. The van der Waals surface area contributed by atoms with Crippen LogP contribution in [0.2, 0.25) is 0 Å². The van der Waals surface area contributed by atoms with E-state index in [9.17, 15) is 14.4 Å². The highest BCUT2D eigenvalue weighted by Gasteiger charge is 2.62. The zero-order chi connectivity index (χ0) is 17.2. The maximum Gasteiger partial charge on any atom is 0.330 e. The largest absolute Gasteiger partial charge is 0.443 e. The first-order valence-corrected chi connectivity index (χ1v) is 7.10. The Balaban J connectivity index is 1.91. The van der Waals surface area contributed by atoms with E-state index in [-0.39, 0.29) is 30.3 Å². The molecule has 2 aliphatic rings. The van der Waals surface area contributed by atoms with Crippen molar-refractivity contribution in [3.63, 3.8) is 0 Å². The topological polar surface area (TPSA) is 88.5 Å². The number of nitrogens with zero attached hydrogens (tertiary/aromatic N) is 3. The van der Waals surface area contributed by atoms with Gasteiger partial charge in [0.1, 0.15) is 13.7 Å². The van der Waals surface area contributed by atoms with Gasteiger partial charge in [-0.05, 0) is 5.41 Å². The predicted molar refractivity (Wildman–Crippen MR) is 79.9 cm³/mol. The highest BCUT2D eigenvalue weighted by Crippen LogP contribution is 2.57.